The molecule has 0 spiro atoms. The maximum Gasteiger partial charge on any atom is 0.253 e. The number of pyridine rings is 1. The molecule has 180 valence electrons. The molecule has 4 rings (SSSR count). The maximum absolute atomic E-state index is 13.4. The molecule has 35 heavy (non-hydrogen) atoms. The smallest absolute Gasteiger partial charge is 0.253 e. The summed E-state index contributed by atoms with van der Waals surface area (Å²) in [6.45, 7) is 2.26. The molecule has 2 N–H and O–H groups in total. The number of amides is 2. The quantitative estimate of drug-likeness (QED) is 0.388. The number of benzene rings is 2. The molecule has 0 fully saturated rings. The van der Waals surface area contributed by atoms with Crippen molar-refractivity contribution in [2.24, 2.45) is 7.05 Å². The Morgan fingerprint density at radius 3 is 2.57 bits per heavy atom. The van der Waals surface area contributed by atoms with Crippen LogP contribution in [-0.4, -0.2) is 39.5 Å². The average Bonchev–Trinajstić information content (AvgIpc) is 3.15. The largest absolute Gasteiger partial charge is 0.377 e. The number of hydrogen-bond donors (Lipinski definition) is 2. The number of imidazole rings is 1. The first-order valence-electron chi connectivity index (χ1n) is 11.5. The molecule has 0 aliphatic carbocycles. The van der Waals surface area contributed by atoms with Crippen molar-refractivity contribution in [2.45, 2.75) is 32.4 Å². The van der Waals surface area contributed by atoms with Crippen LogP contribution in [0.25, 0.3) is 11.0 Å². The lowest BCUT2D eigenvalue weighted by atomic mass is 10.1. The van der Waals surface area contributed by atoms with E-state index >= 15 is 0 Å². The van der Waals surface area contributed by atoms with Crippen molar-refractivity contribution in [1.29, 1.82) is 0 Å². The topological polar surface area (TPSA) is 98.1 Å². The van der Waals surface area contributed by atoms with Gasteiger partial charge in [-0.2, -0.15) is 0 Å². The fraction of sp³-hybridized carbons (Fsp3) is 0.259. The standard InChI is InChI=1S/C27H29N5O3/c1-18(12-20-10-7-11-28-16-20)29-27(34)22-14-21(30-25(33)13-19-8-5-4-6-9-19)15-23-26(22)32(2)24(31-23)17-35-3/h4-11,14-16,18H,12-13,17H2,1-3H3,(H,29,34)(H,30,33)/t18-/m1/s1. The summed E-state index contributed by atoms with van der Waals surface area (Å²) in [5.74, 6) is 0.283. The first kappa shape index (κ1) is 24.1. The first-order valence-corrected chi connectivity index (χ1v) is 11.5. The van der Waals surface area contributed by atoms with Gasteiger partial charge in [-0.1, -0.05) is 36.4 Å². The zero-order chi connectivity index (χ0) is 24.8. The monoisotopic (exact) mass is 471 g/mol. The lowest BCUT2D eigenvalue weighted by molar-refractivity contribution is -0.115. The van der Waals surface area contributed by atoms with Crippen molar-refractivity contribution in [1.82, 2.24) is 19.9 Å². The van der Waals surface area contributed by atoms with Gasteiger partial charge >= 0.3 is 0 Å². The Kier molecular flexibility index (Phi) is 7.52. The molecule has 0 unspecified atom stereocenters. The molecule has 0 radical (unpaired) electrons. The van der Waals surface area contributed by atoms with Gasteiger partial charge in [0.1, 0.15) is 12.4 Å². The fourth-order valence-corrected chi connectivity index (χ4v) is 4.11. The van der Waals surface area contributed by atoms with Crippen LogP contribution in [0.3, 0.4) is 0 Å². The molecule has 2 aromatic carbocycles. The highest BCUT2D eigenvalue weighted by atomic mass is 16.5. The van der Waals surface area contributed by atoms with E-state index in [2.05, 4.69) is 20.6 Å². The molecular weight excluding hydrogens is 442 g/mol. The van der Waals surface area contributed by atoms with E-state index in [1.54, 1.807) is 31.6 Å². The second-order valence-corrected chi connectivity index (χ2v) is 8.56. The van der Waals surface area contributed by atoms with Crippen LogP contribution in [0.4, 0.5) is 5.69 Å². The van der Waals surface area contributed by atoms with E-state index in [0.717, 1.165) is 11.1 Å². The summed E-state index contributed by atoms with van der Waals surface area (Å²) in [6, 6.07) is 16.7. The lowest BCUT2D eigenvalue weighted by Gasteiger charge is -2.16. The third-order valence-corrected chi connectivity index (χ3v) is 5.71. The fourth-order valence-electron chi connectivity index (χ4n) is 4.11. The van der Waals surface area contributed by atoms with E-state index in [1.165, 1.54) is 0 Å². The minimum absolute atomic E-state index is 0.121. The van der Waals surface area contributed by atoms with E-state index in [1.807, 2.05) is 61.0 Å². The number of anilines is 1. The van der Waals surface area contributed by atoms with E-state index in [9.17, 15) is 9.59 Å². The van der Waals surface area contributed by atoms with Gasteiger partial charge in [0.2, 0.25) is 5.91 Å². The number of carbonyl (C=O) groups excluding carboxylic acids is 2. The molecule has 0 bridgehead atoms. The zero-order valence-corrected chi connectivity index (χ0v) is 20.1. The van der Waals surface area contributed by atoms with Crippen LogP contribution in [0, 0.1) is 0 Å². The Morgan fingerprint density at radius 1 is 1.09 bits per heavy atom. The lowest BCUT2D eigenvalue weighted by Crippen LogP contribution is -2.34. The number of fused-ring (bicyclic) bond motifs is 1. The molecular formula is C27H29N5O3. The third-order valence-electron chi connectivity index (χ3n) is 5.71. The van der Waals surface area contributed by atoms with Crippen LogP contribution < -0.4 is 10.6 Å². The van der Waals surface area contributed by atoms with Gasteiger partial charge in [0.15, 0.2) is 0 Å². The van der Waals surface area contributed by atoms with Crippen molar-refractivity contribution in [3.05, 3.63) is 89.5 Å². The number of rotatable bonds is 9. The van der Waals surface area contributed by atoms with E-state index in [0.29, 0.717) is 41.1 Å². The molecule has 0 saturated heterocycles. The molecule has 8 nitrogen and oxygen atoms in total. The highest BCUT2D eigenvalue weighted by Crippen LogP contribution is 2.25. The van der Waals surface area contributed by atoms with Crippen molar-refractivity contribution >= 4 is 28.5 Å². The number of ether oxygens (including phenoxy) is 1. The van der Waals surface area contributed by atoms with Crippen LogP contribution in [0.2, 0.25) is 0 Å². The van der Waals surface area contributed by atoms with Gasteiger partial charge in [0, 0.05) is 38.3 Å². The van der Waals surface area contributed by atoms with Crippen molar-refractivity contribution in [3.63, 3.8) is 0 Å². The first-order chi connectivity index (χ1) is 16.9. The molecule has 8 heteroatoms. The second kappa shape index (κ2) is 10.9. The SMILES string of the molecule is COCc1nc2cc(NC(=O)Cc3ccccc3)cc(C(=O)N[C@H](C)Cc3cccnc3)c2n1C. The Morgan fingerprint density at radius 2 is 1.86 bits per heavy atom. The number of hydrogen-bond acceptors (Lipinski definition) is 5. The van der Waals surface area contributed by atoms with E-state index in [4.69, 9.17) is 4.74 Å². The number of methoxy groups -OCH3 is 1. The molecule has 2 aromatic heterocycles. The molecule has 2 heterocycles. The summed E-state index contributed by atoms with van der Waals surface area (Å²) in [6.07, 6.45) is 4.40. The van der Waals surface area contributed by atoms with Gasteiger partial charge in [-0.05, 0) is 42.7 Å². The van der Waals surface area contributed by atoms with Gasteiger partial charge in [-0.15, -0.1) is 0 Å². The maximum atomic E-state index is 13.4. The highest BCUT2D eigenvalue weighted by molar-refractivity contribution is 6.08. The highest BCUT2D eigenvalue weighted by Gasteiger charge is 2.20. The molecule has 0 aliphatic heterocycles. The molecule has 0 saturated carbocycles. The van der Waals surface area contributed by atoms with Crippen molar-refractivity contribution in [2.75, 3.05) is 12.4 Å². The molecule has 1 atom stereocenters. The molecule has 4 aromatic rings. The predicted octanol–water partition coefficient (Wildman–Crippen LogP) is 3.66. The number of nitrogens with zero attached hydrogens (tertiary/aromatic N) is 3. The number of carbonyl (C=O) groups is 2. The van der Waals surface area contributed by atoms with Gasteiger partial charge in [-0.3, -0.25) is 14.6 Å². The number of nitrogens with one attached hydrogen (secondary N) is 2. The van der Waals surface area contributed by atoms with Gasteiger partial charge in [0.05, 0.1) is 23.0 Å². The van der Waals surface area contributed by atoms with Crippen LogP contribution >= 0.6 is 0 Å². The number of aromatic nitrogens is 3. The Labute approximate surface area is 204 Å². The average molecular weight is 472 g/mol. The van der Waals surface area contributed by atoms with E-state index in [-0.39, 0.29) is 24.3 Å². The number of aryl methyl sites for hydroxylation is 1. The second-order valence-electron chi connectivity index (χ2n) is 8.56. The van der Waals surface area contributed by atoms with Crippen LogP contribution in [-0.2, 0) is 36.0 Å². The summed E-state index contributed by atoms with van der Waals surface area (Å²) in [5, 5.41) is 6.00. The normalized spacial score (nSPS) is 11.9. The van der Waals surface area contributed by atoms with E-state index < -0.39 is 0 Å². The van der Waals surface area contributed by atoms with Crippen LogP contribution in [0.15, 0.2) is 67.0 Å². The minimum atomic E-state index is -0.238. The van der Waals surface area contributed by atoms with Gasteiger partial charge in [0.25, 0.3) is 5.91 Å². The third kappa shape index (κ3) is 5.91. The van der Waals surface area contributed by atoms with Crippen LogP contribution in [0.1, 0.15) is 34.2 Å². The van der Waals surface area contributed by atoms with Crippen LogP contribution in [0.5, 0.6) is 0 Å². The predicted molar refractivity (Wildman–Crippen MR) is 135 cm³/mol. The summed E-state index contributed by atoms with van der Waals surface area (Å²) in [4.78, 5) is 34.9. The minimum Gasteiger partial charge on any atom is -0.377 e. The van der Waals surface area contributed by atoms with Gasteiger partial charge in [-0.25, -0.2) is 4.98 Å². The zero-order valence-electron chi connectivity index (χ0n) is 20.1. The Bertz CT molecular complexity index is 1320. The Balaban J connectivity index is 1.61. The summed E-state index contributed by atoms with van der Waals surface area (Å²) < 4.78 is 7.13. The summed E-state index contributed by atoms with van der Waals surface area (Å²) in [7, 11) is 3.45. The van der Waals surface area contributed by atoms with Gasteiger partial charge < -0.3 is 19.9 Å². The summed E-state index contributed by atoms with van der Waals surface area (Å²) >= 11 is 0. The summed E-state index contributed by atoms with van der Waals surface area (Å²) in [5.41, 5.74) is 4.20. The van der Waals surface area contributed by atoms with Crippen molar-refractivity contribution < 1.29 is 14.3 Å². The molecule has 0 aliphatic rings. The molecule has 2 amide bonds. The Hall–Kier alpha value is -4.04. The van der Waals surface area contributed by atoms with Crippen molar-refractivity contribution in [3.8, 4) is 0 Å².